The molecule has 5 heteroatoms. The standard InChI is InChI=1S/C19H22FN2O2/c20-15-6-8-16(9-7-15)22-12-11-21-18(14-22)19(23)10-13-24-17-4-2-1-3-5-17/h2-9,18-19,21,23H,10-14H2/t18-,19-/m0/s1. The molecule has 1 aliphatic rings. The third-order valence-corrected chi connectivity index (χ3v) is 4.23. The Hall–Kier alpha value is -2.11. The topological polar surface area (TPSA) is 44.7 Å². The number of nitrogens with one attached hydrogen (secondary N) is 1. The minimum atomic E-state index is -0.497. The molecule has 1 aliphatic heterocycles. The van der Waals surface area contributed by atoms with Gasteiger partial charge in [-0.15, -0.1) is 0 Å². The molecule has 2 aromatic carbocycles. The van der Waals surface area contributed by atoms with Crippen LogP contribution in [0.3, 0.4) is 0 Å². The van der Waals surface area contributed by atoms with E-state index in [0.29, 0.717) is 19.6 Å². The van der Waals surface area contributed by atoms with Gasteiger partial charge >= 0.3 is 0 Å². The molecule has 24 heavy (non-hydrogen) atoms. The van der Waals surface area contributed by atoms with Gasteiger partial charge in [-0.05, 0) is 42.5 Å². The molecule has 0 aliphatic carbocycles. The van der Waals surface area contributed by atoms with Gasteiger partial charge in [0.25, 0.3) is 0 Å². The van der Waals surface area contributed by atoms with Gasteiger partial charge in [0.2, 0.25) is 0 Å². The van der Waals surface area contributed by atoms with Gasteiger partial charge in [-0.2, -0.15) is 0 Å². The summed E-state index contributed by atoms with van der Waals surface area (Å²) in [6.07, 6.45) is 0.0524. The van der Waals surface area contributed by atoms with E-state index in [-0.39, 0.29) is 11.9 Å². The minimum absolute atomic E-state index is 0.0310. The molecule has 127 valence electrons. The molecule has 0 spiro atoms. The zero-order chi connectivity index (χ0) is 16.8. The Kier molecular flexibility index (Phi) is 5.67. The monoisotopic (exact) mass is 329 g/mol. The number of rotatable bonds is 6. The molecule has 0 unspecified atom stereocenters. The highest BCUT2D eigenvalue weighted by Crippen LogP contribution is 2.18. The number of halogens is 1. The van der Waals surface area contributed by atoms with Crippen LogP contribution < -0.4 is 15.0 Å². The molecule has 1 heterocycles. The van der Waals surface area contributed by atoms with Crippen molar-refractivity contribution in [2.75, 3.05) is 31.1 Å². The Morgan fingerprint density at radius 1 is 1.25 bits per heavy atom. The molecular formula is C19H22FN2O2. The van der Waals surface area contributed by atoms with E-state index in [2.05, 4.69) is 16.3 Å². The van der Waals surface area contributed by atoms with E-state index in [9.17, 15) is 9.50 Å². The molecule has 2 atom stereocenters. The summed E-state index contributed by atoms with van der Waals surface area (Å²) in [6.45, 7) is 2.77. The summed E-state index contributed by atoms with van der Waals surface area (Å²) in [7, 11) is 0. The summed E-state index contributed by atoms with van der Waals surface area (Å²) in [5.41, 5.74) is 0.979. The van der Waals surface area contributed by atoms with Crippen LogP contribution in [0.5, 0.6) is 5.75 Å². The normalized spacial score (nSPS) is 19.1. The number of benzene rings is 2. The maximum absolute atomic E-state index is 13.1. The van der Waals surface area contributed by atoms with Crippen molar-refractivity contribution in [3.05, 3.63) is 60.4 Å². The predicted molar refractivity (Wildman–Crippen MR) is 91.8 cm³/mol. The second kappa shape index (κ2) is 8.13. The Bertz CT molecular complexity index is 621. The van der Waals surface area contributed by atoms with Crippen molar-refractivity contribution in [1.82, 2.24) is 5.32 Å². The molecule has 4 nitrogen and oxygen atoms in total. The summed E-state index contributed by atoms with van der Waals surface area (Å²) in [4.78, 5) is 2.16. The molecule has 0 saturated carbocycles. The van der Waals surface area contributed by atoms with Crippen LogP contribution in [0.1, 0.15) is 6.42 Å². The lowest BCUT2D eigenvalue weighted by Gasteiger charge is -2.37. The van der Waals surface area contributed by atoms with Gasteiger partial charge in [-0.3, -0.25) is 0 Å². The molecule has 2 aromatic rings. The van der Waals surface area contributed by atoms with Crippen LogP contribution in [0, 0.1) is 11.9 Å². The highest BCUT2D eigenvalue weighted by Gasteiger charge is 2.25. The molecule has 0 amide bonds. The van der Waals surface area contributed by atoms with Gasteiger partial charge in [-0.25, -0.2) is 4.39 Å². The molecular weight excluding hydrogens is 307 g/mol. The van der Waals surface area contributed by atoms with E-state index in [1.807, 2.05) is 12.1 Å². The summed E-state index contributed by atoms with van der Waals surface area (Å²) < 4.78 is 18.7. The molecule has 1 saturated heterocycles. The van der Waals surface area contributed by atoms with Crippen LogP contribution in [0.15, 0.2) is 48.5 Å². The van der Waals surface area contributed by atoms with Crippen LogP contribution in [0.4, 0.5) is 10.1 Å². The first-order chi connectivity index (χ1) is 11.7. The van der Waals surface area contributed by atoms with Crippen molar-refractivity contribution in [1.29, 1.82) is 0 Å². The van der Waals surface area contributed by atoms with E-state index in [1.54, 1.807) is 24.3 Å². The fourth-order valence-corrected chi connectivity index (χ4v) is 2.89. The summed E-state index contributed by atoms with van der Waals surface area (Å²) >= 11 is 0. The van der Waals surface area contributed by atoms with Crippen molar-refractivity contribution in [3.63, 3.8) is 0 Å². The summed E-state index contributed by atoms with van der Waals surface area (Å²) in [5, 5.41) is 13.8. The number of piperazine rings is 1. The van der Waals surface area contributed by atoms with Crippen LogP contribution >= 0.6 is 0 Å². The van der Waals surface area contributed by atoms with Crippen LogP contribution in [-0.4, -0.2) is 43.5 Å². The van der Waals surface area contributed by atoms with E-state index in [0.717, 1.165) is 24.5 Å². The van der Waals surface area contributed by atoms with Crippen LogP contribution in [-0.2, 0) is 0 Å². The maximum atomic E-state index is 13.1. The highest BCUT2D eigenvalue weighted by atomic mass is 19.1. The van der Waals surface area contributed by atoms with E-state index >= 15 is 0 Å². The first-order valence-electron chi connectivity index (χ1n) is 8.23. The number of anilines is 1. The quantitative estimate of drug-likeness (QED) is 0.853. The first-order valence-corrected chi connectivity index (χ1v) is 8.23. The smallest absolute Gasteiger partial charge is 0.123 e. The molecule has 3 rings (SSSR count). The average Bonchev–Trinajstić information content (AvgIpc) is 2.63. The number of ether oxygens (including phenoxy) is 1. The number of aliphatic hydroxyl groups is 1. The van der Waals surface area contributed by atoms with Gasteiger partial charge in [-0.1, -0.05) is 12.1 Å². The number of hydrogen-bond donors (Lipinski definition) is 2. The van der Waals surface area contributed by atoms with Gasteiger partial charge < -0.3 is 20.1 Å². The molecule has 0 bridgehead atoms. The fourth-order valence-electron chi connectivity index (χ4n) is 2.89. The Balaban J connectivity index is 1.49. The van der Waals surface area contributed by atoms with Gasteiger partial charge in [0.1, 0.15) is 11.6 Å². The molecule has 0 aromatic heterocycles. The predicted octanol–water partition coefficient (Wildman–Crippen LogP) is 2.23. The van der Waals surface area contributed by atoms with Crippen molar-refractivity contribution < 1.29 is 14.2 Å². The second-order valence-corrected chi connectivity index (χ2v) is 5.92. The van der Waals surface area contributed by atoms with Crippen molar-refractivity contribution in [3.8, 4) is 5.75 Å². The molecule has 1 radical (unpaired) electrons. The SMILES string of the molecule is O[C@@H](CCOc1cc[c]cc1)[C@@H]1CN(c2ccc(F)cc2)CCN1. The third kappa shape index (κ3) is 4.46. The summed E-state index contributed by atoms with van der Waals surface area (Å²) in [6, 6.07) is 16.7. The van der Waals surface area contributed by atoms with Gasteiger partial charge in [0, 0.05) is 31.7 Å². The van der Waals surface area contributed by atoms with Gasteiger partial charge in [0.15, 0.2) is 0 Å². The Labute approximate surface area is 141 Å². The number of nitrogens with zero attached hydrogens (tertiary/aromatic N) is 1. The lowest BCUT2D eigenvalue weighted by molar-refractivity contribution is 0.0977. The maximum Gasteiger partial charge on any atom is 0.123 e. The average molecular weight is 329 g/mol. The van der Waals surface area contributed by atoms with E-state index < -0.39 is 6.10 Å². The largest absolute Gasteiger partial charge is 0.493 e. The van der Waals surface area contributed by atoms with E-state index in [1.165, 1.54) is 12.1 Å². The van der Waals surface area contributed by atoms with Gasteiger partial charge in [0.05, 0.1) is 18.8 Å². The molecule has 1 fully saturated rings. The minimum Gasteiger partial charge on any atom is -0.493 e. The van der Waals surface area contributed by atoms with Crippen LogP contribution in [0.2, 0.25) is 0 Å². The third-order valence-electron chi connectivity index (χ3n) is 4.23. The van der Waals surface area contributed by atoms with Crippen LogP contribution in [0.25, 0.3) is 0 Å². The van der Waals surface area contributed by atoms with E-state index in [4.69, 9.17) is 4.74 Å². The van der Waals surface area contributed by atoms with Crippen molar-refractivity contribution >= 4 is 5.69 Å². The second-order valence-electron chi connectivity index (χ2n) is 5.92. The molecule has 2 N–H and O–H groups in total. The van der Waals surface area contributed by atoms with Crippen molar-refractivity contribution in [2.45, 2.75) is 18.6 Å². The van der Waals surface area contributed by atoms with Crippen molar-refractivity contribution in [2.24, 2.45) is 0 Å². The zero-order valence-electron chi connectivity index (χ0n) is 13.5. The zero-order valence-corrected chi connectivity index (χ0v) is 13.5. The summed E-state index contributed by atoms with van der Waals surface area (Å²) in [5.74, 6) is 0.548. The lowest BCUT2D eigenvalue weighted by Crippen LogP contribution is -2.56. The number of aliphatic hydroxyl groups excluding tert-OH is 1. The lowest BCUT2D eigenvalue weighted by atomic mass is 10.1. The Morgan fingerprint density at radius 2 is 2.00 bits per heavy atom. The fraction of sp³-hybridized carbons (Fsp3) is 0.368. The first kappa shape index (κ1) is 16.7. The Morgan fingerprint density at radius 3 is 2.75 bits per heavy atom. The highest BCUT2D eigenvalue weighted by molar-refractivity contribution is 5.47. The number of hydrogen-bond acceptors (Lipinski definition) is 4.